The van der Waals surface area contributed by atoms with Crippen molar-refractivity contribution in [2.45, 2.75) is 23.2 Å². The number of halogens is 1. The van der Waals surface area contributed by atoms with E-state index in [2.05, 4.69) is 5.32 Å². The fourth-order valence-corrected chi connectivity index (χ4v) is 3.31. The Morgan fingerprint density at radius 1 is 1.17 bits per heavy atom. The molecule has 0 bridgehead atoms. The molecule has 23 heavy (non-hydrogen) atoms. The van der Waals surface area contributed by atoms with Crippen LogP contribution >= 0.6 is 11.8 Å². The first-order chi connectivity index (χ1) is 11.1. The van der Waals surface area contributed by atoms with Crippen molar-refractivity contribution < 1.29 is 18.7 Å². The zero-order valence-electron chi connectivity index (χ0n) is 12.1. The molecule has 0 radical (unpaired) electrons. The zero-order chi connectivity index (χ0) is 16.2. The highest BCUT2D eigenvalue weighted by Gasteiger charge is 2.29. The molecular formula is C17H14FNO3S. The van der Waals surface area contributed by atoms with Crippen LogP contribution in [0.5, 0.6) is 0 Å². The van der Waals surface area contributed by atoms with E-state index < -0.39 is 17.0 Å². The highest BCUT2D eigenvalue weighted by Crippen LogP contribution is 2.36. The molecule has 0 aromatic heterocycles. The van der Waals surface area contributed by atoms with Crippen molar-refractivity contribution in [3.8, 4) is 0 Å². The normalized spacial score (nSPS) is 16.4. The maximum absolute atomic E-state index is 13.5. The molecule has 4 nitrogen and oxygen atoms in total. The number of para-hydroxylation sites is 1. The number of esters is 1. The number of hydrogen-bond acceptors (Lipinski definition) is 4. The van der Waals surface area contributed by atoms with Gasteiger partial charge in [-0.15, -0.1) is 11.8 Å². The van der Waals surface area contributed by atoms with Gasteiger partial charge in [-0.25, -0.2) is 4.39 Å². The van der Waals surface area contributed by atoms with Crippen molar-refractivity contribution in [1.29, 1.82) is 0 Å². The number of amides is 1. The Bertz CT molecular complexity index is 750. The quantitative estimate of drug-likeness (QED) is 0.873. The van der Waals surface area contributed by atoms with E-state index in [1.165, 1.54) is 17.8 Å². The van der Waals surface area contributed by atoms with Gasteiger partial charge in [-0.3, -0.25) is 9.59 Å². The summed E-state index contributed by atoms with van der Waals surface area (Å²) in [5.41, 5.74) is 1.06. The van der Waals surface area contributed by atoms with Crippen LogP contribution in [0.4, 0.5) is 10.1 Å². The molecule has 2 aromatic rings. The van der Waals surface area contributed by atoms with Crippen LogP contribution in [0.25, 0.3) is 0 Å². The van der Waals surface area contributed by atoms with Crippen LogP contribution in [0, 0.1) is 5.82 Å². The largest absolute Gasteiger partial charge is 0.461 e. The van der Waals surface area contributed by atoms with Gasteiger partial charge in [-0.2, -0.15) is 0 Å². The van der Waals surface area contributed by atoms with E-state index in [0.29, 0.717) is 5.56 Å². The van der Waals surface area contributed by atoms with Crippen LogP contribution < -0.4 is 5.32 Å². The molecule has 0 fully saturated rings. The molecule has 118 valence electrons. The van der Waals surface area contributed by atoms with Crippen molar-refractivity contribution in [3.05, 3.63) is 59.9 Å². The van der Waals surface area contributed by atoms with Gasteiger partial charge in [0.05, 0.1) is 17.4 Å². The maximum Gasteiger partial charge on any atom is 0.307 e. The molecular weight excluding hydrogens is 317 g/mol. The maximum atomic E-state index is 13.5. The average Bonchev–Trinajstić information content (AvgIpc) is 2.55. The van der Waals surface area contributed by atoms with Crippen LogP contribution in [0.2, 0.25) is 0 Å². The number of thioether (sulfide) groups is 1. The first kappa shape index (κ1) is 15.6. The summed E-state index contributed by atoms with van der Waals surface area (Å²) in [6.45, 7) is -0.138. The molecule has 2 aromatic carbocycles. The van der Waals surface area contributed by atoms with E-state index in [9.17, 15) is 14.0 Å². The van der Waals surface area contributed by atoms with Gasteiger partial charge in [-0.05, 0) is 18.2 Å². The topological polar surface area (TPSA) is 55.4 Å². The third-order valence-corrected chi connectivity index (χ3v) is 4.68. The number of fused-ring (bicyclic) bond motifs is 1. The number of carbonyl (C=O) groups excluding carboxylic acids is 2. The summed E-state index contributed by atoms with van der Waals surface area (Å²) in [5, 5.41) is 2.23. The molecule has 1 N–H and O–H groups in total. The fraction of sp³-hybridized carbons (Fsp3) is 0.176. The van der Waals surface area contributed by atoms with E-state index in [1.807, 2.05) is 24.3 Å². The van der Waals surface area contributed by atoms with Gasteiger partial charge in [0.1, 0.15) is 12.4 Å². The summed E-state index contributed by atoms with van der Waals surface area (Å²) in [6, 6.07) is 13.5. The second-order valence-electron chi connectivity index (χ2n) is 5.05. The molecule has 1 atom stereocenters. The Kier molecular flexibility index (Phi) is 4.62. The lowest BCUT2D eigenvalue weighted by Gasteiger charge is -2.23. The van der Waals surface area contributed by atoms with Crippen LogP contribution in [-0.2, 0) is 20.9 Å². The molecule has 0 saturated heterocycles. The fourth-order valence-electron chi connectivity index (χ4n) is 2.21. The van der Waals surface area contributed by atoms with Crippen molar-refractivity contribution in [2.75, 3.05) is 5.32 Å². The van der Waals surface area contributed by atoms with Gasteiger partial charge in [0, 0.05) is 10.5 Å². The van der Waals surface area contributed by atoms with Gasteiger partial charge in [0.2, 0.25) is 5.91 Å². The number of rotatable bonds is 4. The molecule has 0 aliphatic carbocycles. The lowest BCUT2D eigenvalue weighted by atomic mass is 10.2. The molecule has 1 aliphatic rings. The van der Waals surface area contributed by atoms with Gasteiger partial charge < -0.3 is 10.1 Å². The van der Waals surface area contributed by atoms with E-state index in [0.717, 1.165) is 10.6 Å². The van der Waals surface area contributed by atoms with Gasteiger partial charge in [0.25, 0.3) is 0 Å². The first-order valence-corrected chi connectivity index (χ1v) is 7.97. The zero-order valence-corrected chi connectivity index (χ0v) is 12.9. The Morgan fingerprint density at radius 2 is 1.91 bits per heavy atom. The van der Waals surface area contributed by atoms with Gasteiger partial charge >= 0.3 is 5.97 Å². The molecule has 1 aliphatic heterocycles. The van der Waals surface area contributed by atoms with Gasteiger partial charge in [0.15, 0.2) is 0 Å². The summed E-state index contributed by atoms with van der Waals surface area (Å²) in [7, 11) is 0. The summed E-state index contributed by atoms with van der Waals surface area (Å²) < 4.78 is 18.5. The molecule has 0 spiro atoms. The number of carbonyl (C=O) groups is 2. The minimum absolute atomic E-state index is 0.0563. The summed E-state index contributed by atoms with van der Waals surface area (Å²) in [4.78, 5) is 24.9. The summed E-state index contributed by atoms with van der Waals surface area (Å²) >= 11 is 1.33. The molecule has 1 heterocycles. The highest BCUT2D eigenvalue weighted by molar-refractivity contribution is 8.01. The Morgan fingerprint density at radius 3 is 2.74 bits per heavy atom. The molecule has 0 unspecified atom stereocenters. The lowest BCUT2D eigenvalue weighted by molar-refractivity contribution is -0.145. The average molecular weight is 331 g/mol. The number of anilines is 1. The Hall–Kier alpha value is -2.34. The predicted octanol–water partition coefficient (Wildman–Crippen LogP) is 3.37. The number of ether oxygens (including phenoxy) is 1. The Balaban J connectivity index is 1.58. The third-order valence-electron chi connectivity index (χ3n) is 3.41. The highest BCUT2D eigenvalue weighted by atomic mass is 32.2. The minimum atomic E-state index is -0.543. The second-order valence-corrected chi connectivity index (χ2v) is 6.29. The van der Waals surface area contributed by atoms with Crippen LogP contribution in [0.3, 0.4) is 0 Å². The third kappa shape index (κ3) is 3.71. The van der Waals surface area contributed by atoms with Gasteiger partial charge in [-0.1, -0.05) is 30.3 Å². The van der Waals surface area contributed by atoms with Crippen molar-refractivity contribution >= 4 is 29.3 Å². The SMILES string of the molecule is O=C(C[C@@H]1Sc2ccccc2NC1=O)OCc1ccccc1F. The lowest BCUT2D eigenvalue weighted by Crippen LogP contribution is -2.31. The monoisotopic (exact) mass is 331 g/mol. The van der Waals surface area contributed by atoms with E-state index in [1.54, 1.807) is 18.2 Å². The van der Waals surface area contributed by atoms with E-state index in [4.69, 9.17) is 4.74 Å². The van der Waals surface area contributed by atoms with Crippen molar-refractivity contribution in [1.82, 2.24) is 0 Å². The Labute approximate surface area is 137 Å². The second kappa shape index (κ2) is 6.83. The smallest absolute Gasteiger partial charge is 0.307 e. The van der Waals surface area contributed by atoms with Crippen molar-refractivity contribution in [2.24, 2.45) is 0 Å². The van der Waals surface area contributed by atoms with Crippen LogP contribution in [-0.4, -0.2) is 17.1 Å². The number of nitrogens with one attached hydrogen (secondary N) is 1. The molecule has 0 saturated carbocycles. The minimum Gasteiger partial charge on any atom is -0.461 e. The summed E-state index contributed by atoms with van der Waals surface area (Å²) in [5.74, 6) is -1.17. The van der Waals surface area contributed by atoms with Crippen LogP contribution in [0.1, 0.15) is 12.0 Å². The number of benzene rings is 2. The van der Waals surface area contributed by atoms with E-state index >= 15 is 0 Å². The van der Waals surface area contributed by atoms with Crippen LogP contribution in [0.15, 0.2) is 53.4 Å². The number of hydrogen-bond donors (Lipinski definition) is 1. The predicted molar refractivity (Wildman–Crippen MR) is 85.5 cm³/mol. The molecule has 6 heteroatoms. The first-order valence-electron chi connectivity index (χ1n) is 7.09. The molecule has 1 amide bonds. The molecule has 3 rings (SSSR count). The van der Waals surface area contributed by atoms with Crippen molar-refractivity contribution in [3.63, 3.8) is 0 Å². The van der Waals surface area contributed by atoms with E-state index in [-0.39, 0.29) is 18.9 Å². The summed E-state index contributed by atoms with van der Waals surface area (Å²) in [6.07, 6.45) is -0.0563. The standard InChI is InChI=1S/C17H14FNO3S/c18-12-6-2-1-5-11(12)10-22-16(20)9-15-17(21)19-13-7-3-4-8-14(13)23-15/h1-8,15H,9-10H2,(H,19,21)/t15-/m0/s1.